The minimum absolute atomic E-state index is 0.0235. The van der Waals surface area contributed by atoms with Crippen molar-refractivity contribution < 1.29 is 14.4 Å². The van der Waals surface area contributed by atoms with Crippen molar-refractivity contribution in [3.05, 3.63) is 53.4 Å². The van der Waals surface area contributed by atoms with E-state index in [4.69, 9.17) is 4.52 Å². The number of aromatic nitrogens is 1. The summed E-state index contributed by atoms with van der Waals surface area (Å²) in [5, 5.41) is 15.7. The van der Waals surface area contributed by atoms with Gasteiger partial charge in [-0.1, -0.05) is 35.5 Å². The molecule has 2 atom stereocenters. The molecule has 2 aromatic rings. The molecule has 2 fully saturated rings. The Balaban J connectivity index is 1.55. The topological polar surface area (TPSA) is 73.1 Å². The molecule has 1 aromatic carbocycles. The van der Waals surface area contributed by atoms with Crippen molar-refractivity contribution in [2.75, 3.05) is 46.3 Å². The number of hydrogen-bond donors (Lipinski definition) is 1. The Morgan fingerprint density at radius 3 is 2.59 bits per heavy atom. The van der Waals surface area contributed by atoms with Crippen LogP contribution in [-0.2, 0) is 16.8 Å². The summed E-state index contributed by atoms with van der Waals surface area (Å²) in [6, 6.07) is 11.6. The van der Waals surface area contributed by atoms with Crippen LogP contribution in [0.3, 0.4) is 0 Å². The van der Waals surface area contributed by atoms with Gasteiger partial charge in [0.1, 0.15) is 11.4 Å². The van der Waals surface area contributed by atoms with E-state index in [1.807, 2.05) is 42.2 Å². The van der Waals surface area contributed by atoms with Crippen molar-refractivity contribution in [3.8, 4) is 0 Å². The highest BCUT2D eigenvalue weighted by Gasteiger charge is 2.47. The number of nitrogens with zero attached hydrogens (tertiary/aromatic N) is 4. The number of likely N-dealkylation sites (N-methyl/N-ethyl adjacent to an activating group) is 1. The summed E-state index contributed by atoms with van der Waals surface area (Å²) < 4.78 is 5.23. The summed E-state index contributed by atoms with van der Waals surface area (Å²) in [7, 11) is 2.12. The van der Waals surface area contributed by atoms with Gasteiger partial charge in [-0.15, -0.1) is 0 Å². The van der Waals surface area contributed by atoms with Crippen LogP contribution >= 0.6 is 0 Å². The van der Waals surface area contributed by atoms with Gasteiger partial charge in [0.2, 0.25) is 5.91 Å². The molecule has 7 heteroatoms. The third-order valence-corrected chi connectivity index (χ3v) is 6.31. The number of aryl methyl sites for hydroxylation is 1. The summed E-state index contributed by atoms with van der Waals surface area (Å²) >= 11 is 0. The summed E-state index contributed by atoms with van der Waals surface area (Å²) in [5.41, 5.74) is 0.749. The van der Waals surface area contributed by atoms with E-state index in [2.05, 4.69) is 22.0 Å². The van der Waals surface area contributed by atoms with Gasteiger partial charge in [0.05, 0.1) is 18.2 Å². The Morgan fingerprint density at radius 2 is 1.93 bits per heavy atom. The zero-order valence-electron chi connectivity index (χ0n) is 17.3. The molecule has 1 N–H and O–H groups in total. The fourth-order valence-electron chi connectivity index (χ4n) is 4.52. The first-order valence-corrected chi connectivity index (χ1v) is 10.4. The number of benzene rings is 1. The summed E-state index contributed by atoms with van der Waals surface area (Å²) in [6.45, 7) is 6.60. The molecule has 2 saturated heterocycles. The van der Waals surface area contributed by atoms with Gasteiger partial charge in [0, 0.05) is 45.3 Å². The first-order valence-electron chi connectivity index (χ1n) is 10.4. The maximum atomic E-state index is 12.9. The normalized spacial score (nSPS) is 26.6. The average molecular weight is 399 g/mol. The van der Waals surface area contributed by atoms with Crippen LogP contribution in [0.2, 0.25) is 0 Å². The monoisotopic (exact) mass is 398 g/mol. The second-order valence-corrected chi connectivity index (χ2v) is 8.35. The second kappa shape index (κ2) is 8.26. The van der Waals surface area contributed by atoms with Gasteiger partial charge in [-0.2, -0.15) is 0 Å². The van der Waals surface area contributed by atoms with Crippen molar-refractivity contribution in [2.45, 2.75) is 31.4 Å². The average Bonchev–Trinajstić information content (AvgIpc) is 3.14. The number of piperidine rings is 1. The van der Waals surface area contributed by atoms with Crippen LogP contribution in [-0.4, -0.2) is 83.2 Å². The predicted molar refractivity (Wildman–Crippen MR) is 109 cm³/mol. The van der Waals surface area contributed by atoms with Crippen molar-refractivity contribution in [1.29, 1.82) is 0 Å². The summed E-state index contributed by atoms with van der Waals surface area (Å²) in [4.78, 5) is 19.5. The standard InChI is InChI=1S/C22H30N4O3/c1-17-14-19(29-23-17)15-21(27)26-9-8-22(28,18-6-4-3-5-7-18)20(16-26)25-12-10-24(2)11-13-25/h3-7,14,20,28H,8-13,15-16H2,1-2H3/t20-,22+/m1/s1. The minimum Gasteiger partial charge on any atom is -0.383 e. The molecular weight excluding hydrogens is 368 g/mol. The van der Waals surface area contributed by atoms with Crippen LogP contribution in [0.1, 0.15) is 23.4 Å². The molecule has 0 radical (unpaired) electrons. The smallest absolute Gasteiger partial charge is 0.230 e. The van der Waals surface area contributed by atoms with E-state index in [-0.39, 0.29) is 18.4 Å². The van der Waals surface area contributed by atoms with Crippen LogP contribution in [0.4, 0.5) is 0 Å². The lowest BCUT2D eigenvalue weighted by Gasteiger charge is -2.51. The van der Waals surface area contributed by atoms with E-state index in [0.717, 1.165) is 37.4 Å². The van der Waals surface area contributed by atoms with Gasteiger partial charge in [0.15, 0.2) is 0 Å². The van der Waals surface area contributed by atoms with Crippen molar-refractivity contribution in [1.82, 2.24) is 19.9 Å². The fraction of sp³-hybridized carbons (Fsp3) is 0.545. The summed E-state index contributed by atoms with van der Waals surface area (Å²) in [6.07, 6.45) is 0.731. The number of aliphatic hydroxyl groups is 1. The lowest BCUT2D eigenvalue weighted by molar-refractivity contribution is -0.145. The molecule has 4 rings (SSSR count). The number of carbonyl (C=O) groups is 1. The second-order valence-electron chi connectivity index (χ2n) is 8.35. The molecule has 1 amide bonds. The molecule has 3 heterocycles. The van der Waals surface area contributed by atoms with E-state index in [0.29, 0.717) is 25.3 Å². The molecule has 2 aliphatic heterocycles. The Hall–Kier alpha value is -2.22. The number of rotatable bonds is 4. The Labute approximate surface area is 171 Å². The fourth-order valence-corrected chi connectivity index (χ4v) is 4.52. The van der Waals surface area contributed by atoms with Crippen molar-refractivity contribution >= 4 is 5.91 Å². The Bertz CT molecular complexity index is 832. The largest absolute Gasteiger partial charge is 0.383 e. The van der Waals surface area contributed by atoms with E-state index >= 15 is 0 Å². The van der Waals surface area contributed by atoms with Gasteiger partial charge in [0.25, 0.3) is 0 Å². The van der Waals surface area contributed by atoms with E-state index < -0.39 is 5.60 Å². The number of likely N-dealkylation sites (tertiary alicyclic amines) is 1. The zero-order chi connectivity index (χ0) is 20.4. The molecule has 1 aromatic heterocycles. The van der Waals surface area contributed by atoms with Crippen molar-refractivity contribution in [2.24, 2.45) is 0 Å². The predicted octanol–water partition coefficient (Wildman–Crippen LogP) is 1.26. The van der Waals surface area contributed by atoms with E-state index in [9.17, 15) is 9.90 Å². The third-order valence-electron chi connectivity index (χ3n) is 6.31. The molecule has 7 nitrogen and oxygen atoms in total. The quantitative estimate of drug-likeness (QED) is 0.836. The SMILES string of the molecule is Cc1cc(CC(=O)N2CC[C@](O)(c3ccccc3)[C@H](N3CCN(C)CC3)C2)on1. The van der Waals surface area contributed by atoms with Gasteiger partial charge < -0.3 is 19.4 Å². The summed E-state index contributed by atoms with van der Waals surface area (Å²) in [5.74, 6) is 0.614. The van der Waals surface area contributed by atoms with Crippen LogP contribution < -0.4 is 0 Å². The van der Waals surface area contributed by atoms with Crippen LogP contribution in [0, 0.1) is 6.92 Å². The number of piperazine rings is 1. The highest BCUT2D eigenvalue weighted by Crippen LogP contribution is 2.36. The lowest BCUT2D eigenvalue weighted by Crippen LogP contribution is -2.64. The zero-order valence-corrected chi connectivity index (χ0v) is 17.3. The van der Waals surface area contributed by atoms with Crippen LogP contribution in [0.15, 0.2) is 40.9 Å². The highest BCUT2D eigenvalue weighted by atomic mass is 16.5. The molecule has 0 spiro atoms. The maximum Gasteiger partial charge on any atom is 0.230 e. The number of hydrogen-bond acceptors (Lipinski definition) is 6. The van der Waals surface area contributed by atoms with Gasteiger partial charge in [-0.25, -0.2) is 0 Å². The van der Waals surface area contributed by atoms with Crippen molar-refractivity contribution in [3.63, 3.8) is 0 Å². The molecular formula is C22H30N4O3. The maximum absolute atomic E-state index is 12.9. The van der Waals surface area contributed by atoms with Gasteiger partial charge in [-0.05, 0) is 26.0 Å². The molecule has 2 aliphatic rings. The van der Waals surface area contributed by atoms with Gasteiger partial charge in [-0.3, -0.25) is 9.69 Å². The molecule has 0 saturated carbocycles. The molecule has 0 unspecified atom stereocenters. The third kappa shape index (κ3) is 4.22. The molecule has 156 valence electrons. The highest BCUT2D eigenvalue weighted by molar-refractivity contribution is 5.78. The molecule has 29 heavy (non-hydrogen) atoms. The lowest BCUT2D eigenvalue weighted by atomic mass is 9.79. The van der Waals surface area contributed by atoms with E-state index in [1.165, 1.54) is 0 Å². The molecule has 0 aliphatic carbocycles. The Morgan fingerprint density at radius 1 is 1.21 bits per heavy atom. The Kier molecular flexibility index (Phi) is 5.72. The number of amides is 1. The number of carbonyl (C=O) groups excluding carboxylic acids is 1. The first-order chi connectivity index (χ1) is 14.0. The van der Waals surface area contributed by atoms with Gasteiger partial charge >= 0.3 is 0 Å². The van der Waals surface area contributed by atoms with E-state index in [1.54, 1.807) is 6.07 Å². The van der Waals surface area contributed by atoms with Crippen LogP contribution in [0.25, 0.3) is 0 Å². The molecule has 0 bridgehead atoms. The first kappa shape index (κ1) is 20.1. The minimum atomic E-state index is -0.962. The van der Waals surface area contributed by atoms with Crippen LogP contribution in [0.5, 0.6) is 0 Å².